The quantitative estimate of drug-likeness (QED) is 0.813. The van der Waals surface area contributed by atoms with Gasteiger partial charge in [-0.3, -0.25) is 4.79 Å². The van der Waals surface area contributed by atoms with E-state index in [2.05, 4.69) is 43.4 Å². The molecule has 1 aromatic rings. The van der Waals surface area contributed by atoms with Gasteiger partial charge in [0.15, 0.2) is 0 Å². The summed E-state index contributed by atoms with van der Waals surface area (Å²) in [6.07, 6.45) is 0.344. The summed E-state index contributed by atoms with van der Waals surface area (Å²) in [5, 5.41) is 3.35. The van der Waals surface area contributed by atoms with Gasteiger partial charge >= 0.3 is 0 Å². The average Bonchev–Trinajstić information content (AvgIpc) is 2.25. The maximum Gasteiger partial charge on any atom is 0.219 e. The monoisotopic (exact) mass is 248 g/mol. The first kappa shape index (κ1) is 14.7. The fourth-order valence-corrected chi connectivity index (χ4v) is 1.86. The fourth-order valence-electron chi connectivity index (χ4n) is 1.86. The van der Waals surface area contributed by atoms with Crippen LogP contribution in [0.15, 0.2) is 24.3 Å². The maximum atomic E-state index is 10.9. The molecule has 0 heterocycles. The van der Waals surface area contributed by atoms with Crippen LogP contribution in [0.3, 0.4) is 0 Å². The summed E-state index contributed by atoms with van der Waals surface area (Å²) < 4.78 is 0. The molecule has 3 heteroatoms. The molecule has 1 amide bonds. The Morgan fingerprint density at radius 1 is 1.28 bits per heavy atom. The number of nitrogens with one attached hydrogen (secondary N) is 1. The standard InChI is InChI=1S/C15H24N2O/c1-11(2)13-7-5-12(6-8-13)10-17-15(3,4)9-14(16)18/h5-8,11,17H,9-10H2,1-4H3,(H2,16,18). The average molecular weight is 248 g/mol. The molecule has 18 heavy (non-hydrogen) atoms. The van der Waals surface area contributed by atoms with Crippen LogP contribution in [-0.4, -0.2) is 11.4 Å². The summed E-state index contributed by atoms with van der Waals surface area (Å²) >= 11 is 0. The molecule has 0 spiro atoms. The molecule has 100 valence electrons. The largest absolute Gasteiger partial charge is 0.370 e. The lowest BCUT2D eigenvalue weighted by molar-refractivity contribution is -0.119. The molecule has 0 unspecified atom stereocenters. The smallest absolute Gasteiger partial charge is 0.219 e. The first-order valence-corrected chi connectivity index (χ1v) is 6.42. The molecule has 0 saturated carbocycles. The number of amides is 1. The van der Waals surface area contributed by atoms with E-state index in [9.17, 15) is 4.79 Å². The van der Waals surface area contributed by atoms with Gasteiger partial charge in [-0.05, 0) is 30.9 Å². The van der Waals surface area contributed by atoms with Crippen LogP contribution in [0, 0.1) is 0 Å². The Hall–Kier alpha value is -1.35. The normalized spacial score (nSPS) is 11.8. The Kier molecular flexibility index (Phi) is 4.91. The number of primary amides is 1. The zero-order valence-corrected chi connectivity index (χ0v) is 11.8. The summed E-state index contributed by atoms with van der Waals surface area (Å²) in [6.45, 7) is 9.09. The Balaban J connectivity index is 2.55. The number of rotatable bonds is 6. The summed E-state index contributed by atoms with van der Waals surface area (Å²) in [7, 11) is 0. The van der Waals surface area contributed by atoms with Crippen molar-refractivity contribution < 1.29 is 4.79 Å². The molecular formula is C15H24N2O. The number of carbonyl (C=O) groups excluding carboxylic acids is 1. The van der Waals surface area contributed by atoms with Crippen LogP contribution in [0.4, 0.5) is 0 Å². The van der Waals surface area contributed by atoms with Crippen molar-refractivity contribution in [1.29, 1.82) is 0 Å². The third-order valence-corrected chi connectivity index (χ3v) is 3.03. The molecule has 3 nitrogen and oxygen atoms in total. The maximum absolute atomic E-state index is 10.9. The van der Waals surface area contributed by atoms with E-state index in [1.54, 1.807) is 0 Å². The third-order valence-electron chi connectivity index (χ3n) is 3.03. The predicted octanol–water partition coefficient (Wildman–Crippen LogP) is 2.55. The molecule has 1 aromatic carbocycles. The first-order valence-electron chi connectivity index (χ1n) is 6.42. The highest BCUT2D eigenvalue weighted by atomic mass is 16.1. The van der Waals surface area contributed by atoms with E-state index in [4.69, 9.17) is 5.73 Å². The molecule has 0 aliphatic heterocycles. The minimum absolute atomic E-state index is 0.261. The zero-order valence-electron chi connectivity index (χ0n) is 11.8. The minimum Gasteiger partial charge on any atom is -0.370 e. The Morgan fingerprint density at radius 2 is 1.83 bits per heavy atom. The van der Waals surface area contributed by atoms with Crippen molar-refractivity contribution in [3.8, 4) is 0 Å². The Bertz CT molecular complexity index is 393. The summed E-state index contributed by atoms with van der Waals surface area (Å²) in [6, 6.07) is 8.57. The molecular weight excluding hydrogens is 224 g/mol. The van der Waals surface area contributed by atoms with Crippen LogP contribution in [0.2, 0.25) is 0 Å². The number of benzene rings is 1. The van der Waals surface area contributed by atoms with Crippen LogP contribution >= 0.6 is 0 Å². The highest BCUT2D eigenvalue weighted by Crippen LogP contribution is 2.15. The molecule has 0 aliphatic rings. The second-order valence-electron chi connectivity index (χ2n) is 5.78. The molecule has 0 atom stereocenters. The Morgan fingerprint density at radius 3 is 2.28 bits per heavy atom. The lowest BCUT2D eigenvalue weighted by Crippen LogP contribution is -2.42. The van der Waals surface area contributed by atoms with Gasteiger partial charge in [-0.1, -0.05) is 38.1 Å². The van der Waals surface area contributed by atoms with Gasteiger partial charge in [-0.2, -0.15) is 0 Å². The van der Waals surface area contributed by atoms with Crippen molar-refractivity contribution in [1.82, 2.24) is 5.32 Å². The Labute approximate surface area is 110 Å². The van der Waals surface area contributed by atoms with E-state index in [1.165, 1.54) is 11.1 Å². The van der Waals surface area contributed by atoms with Crippen molar-refractivity contribution in [2.45, 2.75) is 52.1 Å². The fraction of sp³-hybridized carbons (Fsp3) is 0.533. The van der Waals surface area contributed by atoms with E-state index in [1.807, 2.05) is 13.8 Å². The van der Waals surface area contributed by atoms with Gasteiger partial charge in [-0.15, -0.1) is 0 Å². The van der Waals surface area contributed by atoms with Gasteiger partial charge in [0.25, 0.3) is 0 Å². The summed E-state index contributed by atoms with van der Waals surface area (Å²) in [5.41, 5.74) is 7.52. The summed E-state index contributed by atoms with van der Waals surface area (Å²) in [5.74, 6) is 0.279. The number of hydrogen-bond acceptors (Lipinski definition) is 2. The van der Waals surface area contributed by atoms with E-state index >= 15 is 0 Å². The third kappa shape index (κ3) is 4.88. The van der Waals surface area contributed by atoms with Crippen molar-refractivity contribution in [2.75, 3.05) is 0 Å². The lowest BCUT2D eigenvalue weighted by Gasteiger charge is -2.25. The SMILES string of the molecule is CC(C)c1ccc(CNC(C)(C)CC(N)=O)cc1. The van der Waals surface area contributed by atoms with E-state index in [0.29, 0.717) is 12.3 Å². The molecule has 0 fully saturated rings. The second-order valence-corrected chi connectivity index (χ2v) is 5.78. The molecule has 3 N–H and O–H groups in total. The molecule has 0 bridgehead atoms. The highest BCUT2D eigenvalue weighted by molar-refractivity contribution is 5.74. The molecule has 1 rings (SSSR count). The first-order chi connectivity index (χ1) is 8.30. The zero-order chi connectivity index (χ0) is 13.8. The van der Waals surface area contributed by atoms with E-state index in [0.717, 1.165) is 6.54 Å². The minimum atomic E-state index is -0.275. The van der Waals surface area contributed by atoms with Crippen LogP contribution in [0.5, 0.6) is 0 Å². The van der Waals surface area contributed by atoms with Gasteiger partial charge in [0, 0.05) is 18.5 Å². The molecule has 0 aliphatic carbocycles. The van der Waals surface area contributed by atoms with Crippen LogP contribution < -0.4 is 11.1 Å². The van der Waals surface area contributed by atoms with Gasteiger partial charge in [0.1, 0.15) is 0 Å². The lowest BCUT2D eigenvalue weighted by atomic mass is 9.99. The van der Waals surface area contributed by atoms with E-state index < -0.39 is 0 Å². The van der Waals surface area contributed by atoms with Crippen molar-refractivity contribution in [3.63, 3.8) is 0 Å². The molecule has 0 aromatic heterocycles. The molecule has 0 radical (unpaired) electrons. The predicted molar refractivity (Wildman–Crippen MR) is 75.3 cm³/mol. The van der Waals surface area contributed by atoms with Crippen LogP contribution in [0.1, 0.15) is 51.2 Å². The van der Waals surface area contributed by atoms with Gasteiger partial charge < -0.3 is 11.1 Å². The van der Waals surface area contributed by atoms with Crippen molar-refractivity contribution in [2.24, 2.45) is 5.73 Å². The second kappa shape index (κ2) is 6.01. The van der Waals surface area contributed by atoms with E-state index in [-0.39, 0.29) is 11.4 Å². The van der Waals surface area contributed by atoms with Crippen molar-refractivity contribution in [3.05, 3.63) is 35.4 Å². The number of hydrogen-bond donors (Lipinski definition) is 2. The number of nitrogens with two attached hydrogens (primary N) is 1. The van der Waals surface area contributed by atoms with Crippen LogP contribution in [0.25, 0.3) is 0 Å². The summed E-state index contributed by atoms with van der Waals surface area (Å²) in [4.78, 5) is 10.9. The van der Waals surface area contributed by atoms with Crippen molar-refractivity contribution >= 4 is 5.91 Å². The topological polar surface area (TPSA) is 55.1 Å². The van der Waals surface area contributed by atoms with Gasteiger partial charge in [0.05, 0.1) is 0 Å². The highest BCUT2D eigenvalue weighted by Gasteiger charge is 2.19. The van der Waals surface area contributed by atoms with Gasteiger partial charge in [-0.25, -0.2) is 0 Å². The number of carbonyl (C=O) groups is 1. The molecule has 0 saturated heterocycles. The van der Waals surface area contributed by atoms with Crippen LogP contribution in [-0.2, 0) is 11.3 Å². The van der Waals surface area contributed by atoms with Gasteiger partial charge in [0.2, 0.25) is 5.91 Å².